The number of carbonyl (C=O) groups is 2. The maximum Gasteiger partial charge on any atom is 0.313 e. The maximum absolute atomic E-state index is 11.5. The number of ketones is 1. The number of anilines is 1. The highest BCUT2D eigenvalue weighted by atomic mass is 32.1. The van der Waals surface area contributed by atoms with E-state index >= 15 is 0 Å². The molecule has 5 nitrogen and oxygen atoms in total. The lowest BCUT2D eigenvalue weighted by Gasteiger charge is -2.00. The first-order valence-electron chi connectivity index (χ1n) is 4.92. The Morgan fingerprint density at radius 3 is 2.69 bits per heavy atom. The molecule has 0 radical (unpaired) electrons. The first-order valence-corrected chi connectivity index (χ1v) is 5.73. The van der Waals surface area contributed by atoms with Gasteiger partial charge in [-0.1, -0.05) is 0 Å². The average molecular weight is 242 g/mol. The van der Waals surface area contributed by atoms with Crippen LogP contribution >= 0.6 is 11.3 Å². The lowest BCUT2D eigenvalue weighted by atomic mass is 10.1. The van der Waals surface area contributed by atoms with E-state index in [4.69, 9.17) is 5.73 Å². The molecule has 1 aromatic rings. The molecule has 0 aliphatic rings. The monoisotopic (exact) mass is 242 g/mol. The number of esters is 1. The van der Waals surface area contributed by atoms with Gasteiger partial charge < -0.3 is 10.5 Å². The highest BCUT2D eigenvalue weighted by molar-refractivity contribution is 7.15. The highest BCUT2D eigenvalue weighted by Crippen LogP contribution is 2.19. The molecule has 88 valence electrons. The summed E-state index contributed by atoms with van der Waals surface area (Å²) in [7, 11) is 0. The standard InChI is InChI=1S/C10H14N2O3S/c1-3-15-9(14)5-7(13)4-8-6(2)16-10(11)12-8/h3-5H2,1-2H3,(H2,11,12). The van der Waals surface area contributed by atoms with Gasteiger partial charge >= 0.3 is 5.97 Å². The molecule has 6 heteroatoms. The maximum atomic E-state index is 11.5. The summed E-state index contributed by atoms with van der Waals surface area (Å²) in [5.74, 6) is -0.694. The molecular formula is C10H14N2O3S. The molecule has 2 N–H and O–H groups in total. The van der Waals surface area contributed by atoms with Gasteiger partial charge in [0.2, 0.25) is 0 Å². The van der Waals surface area contributed by atoms with Crippen molar-refractivity contribution in [1.82, 2.24) is 4.98 Å². The van der Waals surface area contributed by atoms with Crippen LogP contribution in [-0.4, -0.2) is 23.3 Å². The third-order valence-corrected chi connectivity index (χ3v) is 2.76. The van der Waals surface area contributed by atoms with Gasteiger partial charge in [0.15, 0.2) is 5.13 Å². The highest BCUT2D eigenvalue weighted by Gasteiger charge is 2.14. The molecule has 0 saturated heterocycles. The Bertz CT molecular complexity index is 401. The number of nitrogens with two attached hydrogens (primary N) is 1. The van der Waals surface area contributed by atoms with Crippen LogP contribution in [-0.2, 0) is 20.7 Å². The second kappa shape index (κ2) is 5.60. The number of hydrogen-bond donors (Lipinski definition) is 1. The summed E-state index contributed by atoms with van der Waals surface area (Å²) in [4.78, 5) is 27.5. The number of Topliss-reactive ketones (excluding diaryl/α,β-unsaturated/α-hetero) is 1. The van der Waals surface area contributed by atoms with Crippen molar-refractivity contribution in [2.45, 2.75) is 26.7 Å². The van der Waals surface area contributed by atoms with Crippen LogP contribution in [0.15, 0.2) is 0 Å². The number of hydrogen-bond acceptors (Lipinski definition) is 6. The van der Waals surface area contributed by atoms with Crippen LogP contribution < -0.4 is 5.73 Å². The minimum absolute atomic E-state index is 0.137. The fourth-order valence-corrected chi connectivity index (χ4v) is 1.94. The second-order valence-electron chi connectivity index (χ2n) is 3.25. The summed E-state index contributed by atoms with van der Waals surface area (Å²) < 4.78 is 4.68. The van der Waals surface area contributed by atoms with Crippen LogP contribution in [0.3, 0.4) is 0 Å². The minimum atomic E-state index is -0.492. The summed E-state index contributed by atoms with van der Waals surface area (Å²) in [6.07, 6.45) is -0.0664. The quantitative estimate of drug-likeness (QED) is 0.617. The molecule has 0 amide bonds. The average Bonchev–Trinajstić information content (AvgIpc) is 2.44. The SMILES string of the molecule is CCOC(=O)CC(=O)Cc1nc(N)sc1C. The zero-order chi connectivity index (χ0) is 12.1. The molecule has 1 heterocycles. The molecule has 0 fully saturated rings. The van der Waals surface area contributed by atoms with Crippen molar-refractivity contribution >= 4 is 28.2 Å². The van der Waals surface area contributed by atoms with Gasteiger partial charge in [-0.3, -0.25) is 9.59 Å². The summed E-state index contributed by atoms with van der Waals surface area (Å²) in [6, 6.07) is 0. The molecule has 0 unspecified atom stereocenters. The molecule has 1 rings (SSSR count). The molecule has 0 aliphatic carbocycles. The van der Waals surface area contributed by atoms with Crippen LogP contribution in [0.4, 0.5) is 5.13 Å². The van der Waals surface area contributed by atoms with Gasteiger partial charge in [0.1, 0.15) is 12.2 Å². The minimum Gasteiger partial charge on any atom is -0.466 e. The van der Waals surface area contributed by atoms with Gasteiger partial charge in [-0.05, 0) is 13.8 Å². The molecule has 0 aromatic carbocycles. The number of carbonyl (C=O) groups excluding carboxylic acids is 2. The van der Waals surface area contributed by atoms with E-state index in [0.717, 1.165) is 4.88 Å². The Hall–Kier alpha value is -1.43. The Labute approximate surface area is 97.6 Å². The lowest BCUT2D eigenvalue weighted by molar-refractivity contribution is -0.145. The van der Waals surface area contributed by atoms with Crippen LogP contribution in [0.25, 0.3) is 0 Å². The fraction of sp³-hybridized carbons (Fsp3) is 0.500. The second-order valence-corrected chi connectivity index (χ2v) is 4.49. The van der Waals surface area contributed by atoms with E-state index in [-0.39, 0.29) is 25.2 Å². The van der Waals surface area contributed by atoms with Gasteiger partial charge in [-0.2, -0.15) is 0 Å². The number of nitrogens with zero attached hydrogens (tertiary/aromatic N) is 1. The summed E-state index contributed by atoms with van der Waals surface area (Å²) in [6.45, 7) is 3.84. The summed E-state index contributed by atoms with van der Waals surface area (Å²) in [5.41, 5.74) is 6.16. The number of ether oxygens (including phenoxy) is 1. The van der Waals surface area contributed by atoms with Crippen LogP contribution in [0.2, 0.25) is 0 Å². The van der Waals surface area contributed by atoms with E-state index < -0.39 is 5.97 Å². The van der Waals surface area contributed by atoms with Crippen molar-refractivity contribution in [3.05, 3.63) is 10.6 Å². The van der Waals surface area contributed by atoms with Crippen molar-refractivity contribution in [2.24, 2.45) is 0 Å². The molecule has 0 spiro atoms. The first kappa shape index (κ1) is 12.6. The Morgan fingerprint density at radius 1 is 1.50 bits per heavy atom. The van der Waals surface area contributed by atoms with Gasteiger partial charge in [0, 0.05) is 4.88 Å². The Morgan fingerprint density at radius 2 is 2.19 bits per heavy atom. The zero-order valence-corrected chi connectivity index (χ0v) is 10.1. The Balaban J connectivity index is 2.52. The molecular weight excluding hydrogens is 228 g/mol. The van der Waals surface area contributed by atoms with E-state index in [9.17, 15) is 9.59 Å². The number of nitrogen functional groups attached to an aromatic ring is 1. The predicted octanol–water partition coefficient (Wildman–Crippen LogP) is 1.10. The summed E-state index contributed by atoms with van der Waals surface area (Å²) in [5, 5.41) is 0.441. The zero-order valence-electron chi connectivity index (χ0n) is 9.28. The van der Waals surface area contributed by atoms with Crippen molar-refractivity contribution < 1.29 is 14.3 Å². The van der Waals surface area contributed by atoms with Gasteiger partial charge in [0.05, 0.1) is 18.7 Å². The van der Waals surface area contributed by atoms with Crippen molar-refractivity contribution in [3.8, 4) is 0 Å². The molecule has 0 bridgehead atoms. The van der Waals surface area contributed by atoms with E-state index in [1.807, 2.05) is 6.92 Å². The predicted molar refractivity (Wildman–Crippen MR) is 61.2 cm³/mol. The van der Waals surface area contributed by atoms with Crippen molar-refractivity contribution in [2.75, 3.05) is 12.3 Å². The first-order chi connectivity index (χ1) is 7.52. The molecule has 0 atom stereocenters. The Kier molecular flexibility index (Phi) is 4.42. The number of aromatic nitrogens is 1. The largest absolute Gasteiger partial charge is 0.466 e. The van der Waals surface area contributed by atoms with Crippen molar-refractivity contribution in [1.29, 1.82) is 0 Å². The van der Waals surface area contributed by atoms with E-state index in [2.05, 4.69) is 9.72 Å². The topological polar surface area (TPSA) is 82.3 Å². The number of thiazole rings is 1. The number of aryl methyl sites for hydroxylation is 1. The van der Waals surface area contributed by atoms with E-state index in [1.165, 1.54) is 11.3 Å². The molecule has 16 heavy (non-hydrogen) atoms. The van der Waals surface area contributed by atoms with E-state index in [0.29, 0.717) is 10.8 Å². The molecule has 1 aromatic heterocycles. The van der Waals surface area contributed by atoms with Crippen LogP contribution in [0.1, 0.15) is 23.9 Å². The summed E-state index contributed by atoms with van der Waals surface area (Å²) >= 11 is 1.34. The van der Waals surface area contributed by atoms with Gasteiger partial charge in [-0.25, -0.2) is 4.98 Å². The molecule has 0 saturated carbocycles. The lowest BCUT2D eigenvalue weighted by Crippen LogP contribution is -2.13. The van der Waals surface area contributed by atoms with Gasteiger partial charge in [-0.15, -0.1) is 11.3 Å². The smallest absolute Gasteiger partial charge is 0.313 e. The fourth-order valence-electron chi connectivity index (χ4n) is 1.24. The normalized spacial score (nSPS) is 10.1. The number of rotatable bonds is 5. The molecule has 0 aliphatic heterocycles. The van der Waals surface area contributed by atoms with Gasteiger partial charge in [0.25, 0.3) is 0 Å². The van der Waals surface area contributed by atoms with E-state index in [1.54, 1.807) is 6.92 Å². The van der Waals surface area contributed by atoms with Crippen LogP contribution in [0.5, 0.6) is 0 Å². The van der Waals surface area contributed by atoms with Crippen LogP contribution in [0, 0.1) is 6.92 Å². The van der Waals surface area contributed by atoms with Crippen molar-refractivity contribution in [3.63, 3.8) is 0 Å². The third-order valence-electron chi connectivity index (χ3n) is 1.92. The third kappa shape index (κ3) is 3.62.